The molecule has 9 heteroatoms. The monoisotopic (exact) mass is 460 g/mol. The fourth-order valence-corrected chi connectivity index (χ4v) is 4.04. The number of amides is 1. The van der Waals surface area contributed by atoms with Gasteiger partial charge >= 0.3 is 0 Å². The number of pyridine rings is 1. The second-order valence-electron chi connectivity index (χ2n) is 3.44. The smallest absolute Gasteiger partial charge is 0.268 e. The summed E-state index contributed by atoms with van der Waals surface area (Å²) in [5.41, 5.74) is 1.52. The maximum absolute atomic E-state index is 11.8. The molecule has 0 aliphatic carbocycles. The number of carbonyl (C=O) groups excluding carboxylic acids is 1. The maximum Gasteiger partial charge on any atom is 0.288 e. The van der Waals surface area contributed by atoms with Crippen molar-refractivity contribution in [3.63, 3.8) is 0 Å². The molecule has 2 aromatic heterocycles. The van der Waals surface area contributed by atoms with E-state index in [1.54, 1.807) is 12.3 Å². The van der Waals surface area contributed by atoms with E-state index in [9.17, 15) is 13.2 Å². The SMILES string of the molecule is Cc1cc(Br)c2scc(C(=O)NS(=O)(=O)I)c2n1. The van der Waals surface area contributed by atoms with Crippen LogP contribution in [-0.4, -0.2) is 19.3 Å². The van der Waals surface area contributed by atoms with Gasteiger partial charge in [-0.3, -0.25) is 9.78 Å². The predicted molar refractivity (Wildman–Crippen MR) is 82.5 cm³/mol. The molecule has 0 saturated carbocycles. The average Bonchev–Trinajstić information content (AvgIpc) is 2.58. The van der Waals surface area contributed by atoms with Crippen molar-refractivity contribution in [3.05, 3.63) is 27.2 Å². The first kappa shape index (κ1) is 14.2. The highest BCUT2D eigenvalue weighted by atomic mass is 127. The Morgan fingerprint density at radius 1 is 1.56 bits per heavy atom. The number of aryl methyl sites for hydroxylation is 1. The summed E-state index contributed by atoms with van der Waals surface area (Å²) in [4.78, 5) is 16.1. The Hall–Kier alpha value is -0.260. The van der Waals surface area contributed by atoms with Crippen molar-refractivity contribution in [3.8, 4) is 0 Å². The van der Waals surface area contributed by atoms with Gasteiger partial charge in [0.15, 0.2) is 0 Å². The highest BCUT2D eigenvalue weighted by molar-refractivity contribution is 14.2. The van der Waals surface area contributed by atoms with Crippen LogP contribution in [-0.2, 0) is 7.19 Å². The van der Waals surface area contributed by atoms with Crippen LogP contribution in [0.5, 0.6) is 0 Å². The van der Waals surface area contributed by atoms with Gasteiger partial charge in [0, 0.05) is 15.5 Å². The van der Waals surface area contributed by atoms with Gasteiger partial charge in [0.25, 0.3) is 13.1 Å². The summed E-state index contributed by atoms with van der Waals surface area (Å²) in [6.07, 6.45) is 0. The first-order chi connectivity index (χ1) is 8.28. The fourth-order valence-electron chi connectivity index (χ4n) is 1.42. The molecule has 2 aromatic rings. The average molecular weight is 461 g/mol. The molecule has 0 radical (unpaired) electrons. The van der Waals surface area contributed by atoms with Crippen molar-refractivity contribution >= 4 is 71.8 Å². The Kier molecular flexibility index (Phi) is 3.95. The van der Waals surface area contributed by atoms with E-state index in [4.69, 9.17) is 0 Å². The quantitative estimate of drug-likeness (QED) is 0.552. The van der Waals surface area contributed by atoms with Crippen molar-refractivity contribution in [2.24, 2.45) is 0 Å². The minimum Gasteiger partial charge on any atom is -0.268 e. The molecule has 0 aliphatic heterocycles. The van der Waals surface area contributed by atoms with E-state index in [1.807, 2.05) is 10.8 Å². The summed E-state index contributed by atoms with van der Waals surface area (Å²) in [6, 6.07) is 1.84. The Morgan fingerprint density at radius 2 is 2.22 bits per heavy atom. The number of fused-ring (bicyclic) bond motifs is 1. The molecule has 18 heavy (non-hydrogen) atoms. The van der Waals surface area contributed by atoms with Crippen LogP contribution in [0, 0.1) is 6.92 Å². The Balaban J connectivity index is 2.56. The van der Waals surface area contributed by atoms with Crippen LogP contribution >= 0.6 is 48.5 Å². The second kappa shape index (κ2) is 5.02. The van der Waals surface area contributed by atoms with Gasteiger partial charge in [0.05, 0.1) is 37.0 Å². The lowest BCUT2D eigenvalue weighted by molar-refractivity contribution is 0.0984. The van der Waals surface area contributed by atoms with Crippen LogP contribution in [0.1, 0.15) is 16.1 Å². The van der Waals surface area contributed by atoms with Crippen molar-refractivity contribution in [2.45, 2.75) is 6.92 Å². The number of nitrogens with zero attached hydrogens (tertiary/aromatic N) is 1. The van der Waals surface area contributed by atoms with E-state index in [0.717, 1.165) is 14.9 Å². The Labute approximate surface area is 128 Å². The van der Waals surface area contributed by atoms with Gasteiger partial charge in [0.2, 0.25) is 0 Å². The number of hydrogen-bond donors (Lipinski definition) is 1. The molecule has 0 bridgehead atoms. The van der Waals surface area contributed by atoms with Gasteiger partial charge in [-0.25, -0.2) is 4.72 Å². The standard InChI is InChI=1S/C9H6BrIN2O3S2/c1-4-2-6(10)8-7(12-4)5(3-17-8)9(14)13-18(11,15)16/h2-3H,1H3,(H,13,14). The fraction of sp³-hybridized carbons (Fsp3) is 0.111. The van der Waals surface area contributed by atoms with E-state index >= 15 is 0 Å². The molecule has 0 aromatic carbocycles. The van der Waals surface area contributed by atoms with Gasteiger partial charge in [-0.1, -0.05) is 0 Å². The number of thiophene rings is 1. The topological polar surface area (TPSA) is 76.1 Å². The normalized spacial score (nSPS) is 11.7. The molecule has 1 N–H and O–H groups in total. The van der Waals surface area contributed by atoms with Gasteiger partial charge in [0.1, 0.15) is 0 Å². The van der Waals surface area contributed by atoms with E-state index < -0.39 is 13.1 Å². The van der Waals surface area contributed by atoms with Crippen LogP contribution in [0.3, 0.4) is 0 Å². The van der Waals surface area contributed by atoms with Crippen molar-refractivity contribution in [2.75, 3.05) is 0 Å². The van der Waals surface area contributed by atoms with Crippen LogP contribution in [0.4, 0.5) is 0 Å². The van der Waals surface area contributed by atoms with Gasteiger partial charge in [-0.2, -0.15) is 8.42 Å². The summed E-state index contributed by atoms with van der Waals surface area (Å²) < 4.78 is 25.7. The molecule has 2 heterocycles. The molecule has 0 atom stereocenters. The number of carbonyl (C=O) groups is 1. The summed E-state index contributed by atoms with van der Waals surface area (Å²) in [5, 5.41) is 1.60. The molecular weight excluding hydrogens is 455 g/mol. The molecule has 0 saturated heterocycles. The number of nitrogens with one attached hydrogen (secondary N) is 1. The third-order valence-electron chi connectivity index (χ3n) is 2.06. The Morgan fingerprint density at radius 3 is 2.83 bits per heavy atom. The molecule has 0 spiro atoms. The summed E-state index contributed by atoms with van der Waals surface area (Å²) in [5.74, 6) is -0.666. The molecule has 0 aliphatic rings. The number of rotatable bonds is 2. The molecular formula is C9H6BrIN2O3S2. The van der Waals surface area contributed by atoms with Crippen molar-refractivity contribution in [1.82, 2.24) is 9.71 Å². The van der Waals surface area contributed by atoms with Gasteiger partial charge < -0.3 is 0 Å². The number of hydrogen-bond acceptors (Lipinski definition) is 5. The zero-order chi connectivity index (χ0) is 13.5. The molecule has 5 nitrogen and oxygen atoms in total. The Bertz CT molecular complexity index is 742. The highest BCUT2D eigenvalue weighted by Gasteiger charge is 2.18. The summed E-state index contributed by atoms with van der Waals surface area (Å²) in [6.45, 7) is 1.80. The summed E-state index contributed by atoms with van der Waals surface area (Å²) in [7, 11) is -3.60. The van der Waals surface area contributed by atoms with E-state index in [1.165, 1.54) is 32.5 Å². The molecule has 2 rings (SSSR count). The molecule has 1 amide bonds. The molecule has 96 valence electrons. The first-order valence-electron chi connectivity index (χ1n) is 4.59. The van der Waals surface area contributed by atoms with Crippen LogP contribution in [0.15, 0.2) is 15.9 Å². The lowest BCUT2D eigenvalue weighted by Gasteiger charge is -2.01. The predicted octanol–water partition coefficient (Wildman–Crippen LogP) is 2.78. The lowest BCUT2D eigenvalue weighted by atomic mass is 10.2. The van der Waals surface area contributed by atoms with Crippen LogP contribution in [0.2, 0.25) is 0 Å². The van der Waals surface area contributed by atoms with Gasteiger partial charge in [-0.05, 0) is 28.9 Å². The zero-order valence-corrected chi connectivity index (χ0v) is 14.3. The second-order valence-corrected chi connectivity index (χ2v) is 9.73. The number of aromatic nitrogens is 1. The maximum atomic E-state index is 11.8. The third kappa shape index (κ3) is 3.00. The lowest BCUT2D eigenvalue weighted by Crippen LogP contribution is -2.25. The van der Waals surface area contributed by atoms with Crippen molar-refractivity contribution < 1.29 is 13.2 Å². The van der Waals surface area contributed by atoms with Crippen LogP contribution in [0.25, 0.3) is 10.2 Å². The third-order valence-corrected chi connectivity index (χ3v) is 5.04. The zero-order valence-electron chi connectivity index (χ0n) is 8.90. The minimum absolute atomic E-state index is 0.264. The van der Waals surface area contributed by atoms with E-state index in [2.05, 4.69) is 20.9 Å². The summed E-state index contributed by atoms with van der Waals surface area (Å²) >= 11 is 5.89. The van der Waals surface area contributed by atoms with E-state index in [-0.39, 0.29) is 5.56 Å². The first-order valence-corrected chi connectivity index (χ1v) is 10.3. The minimum atomic E-state index is -3.60. The van der Waals surface area contributed by atoms with E-state index in [0.29, 0.717) is 5.52 Å². The number of halogens is 2. The molecule has 0 fully saturated rings. The highest BCUT2D eigenvalue weighted by Crippen LogP contribution is 2.31. The van der Waals surface area contributed by atoms with Crippen LogP contribution < -0.4 is 4.72 Å². The van der Waals surface area contributed by atoms with Crippen molar-refractivity contribution in [1.29, 1.82) is 0 Å². The van der Waals surface area contributed by atoms with Gasteiger partial charge in [-0.15, -0.1) is 11.3 Å². The largest absolute Gasteiger partial charge is 0.288 e. The molecule has 0 unspecified atom stereocenters.